The molecule has 0 unspecified atom stereocenters. The highest BCUT2D eigenvalue weighted by molar-refractivity contribution is 9.11. The highest BCUT2D eigenvalue weighted by Crippen LogP contribution is 2.31. The molecule has 2 rings (SSSR count). The van der Waals surface area contributed by atoms with Crippen molar-refractivity contribution in [1.82, 2.24) is 4.72 Å². The van der Waals surface area contributed by atoms with Crippen LogP contribution in [0.3, 0.4) is 0 Å². The highest BCUT2D eigenvalue weighted by Gasteiger charge is 2.20. The summed E-state index contributed by atoms with van der Waals surface area (Å²) in [5, 5.41) is 9.01. The van der Waals surface area contributed by atoms with E-state index in [1.165, 1.54) is 17.4 Å². The molecular formula is C11H12BrNO4S2. The minimum Gasteiger partial charge on any atom is -0.465 e. The zero-order chi connectivity index (χ0) is 14.0. The van der Waals surface area contributed by atoms with Crippen molar-refractivity contribution in [2.75, 3.05) is 0 Å². The minimum atomic E-state index is -3.63. The number of halogens is 1. The van der Waals surface area contributed by atoms with Gasteiger partial charge in [0.2, 0.25) is 10.0 Å². The summed E-state index contributed by atoms with van der Waals surface area (Å²) >= 11 is 4.38. The molecule has 8 heteroatoms. The number of hydrogen-bond acceptors (Lipinski definition) is 5. The van der Waals surface area contributed by atoms with E-state index in [2.05, 4.69) is 20.7 Å². The van der Waals surface area contributed by atoms with E-state index in [4.69, 9.17) is 9.52 Å². The van der Waals surface area contributed by atoms with E-state index in [-0.39, 0.29) is 18.0 Å². The third kappa shape index (κ3) is 3.46. The topological polar surface area (TPSA) is 79.5 Å². The largest absolute Gasteiger partial charge is 0.465 e. The lowest BCUT2D eigenvalue weighted by atomic mass is 10.4. The van der Waals surface area contributed by atoms with E-state index in [0.717, 1.165) is 5.76 Å². The van der Waals surface area contributed by atoms with E-state index in [1.54, 1.807) is 19.1 Å². The third-order valence-electron chi connectivity index (χ3n) is 2.38. The fourth-order valence-corrected chi connectivity index (χ4v) is 5.02. The first-order valence-electron chi connectivity index (χ1n) is 5.36. The van der Waals surface area contributed by atoms with Gasteiger partial charge in [0, 0.05) is 4.88 Å². The molecule has 2 aromatic heterocycles. The first kappa shape index (κ1) is 14.7. The van der Waals surface area contributed by atoms with Gasteiger partial charge in [0.05, 0.1) is 16.9 Å². The number of rotatable bonds is 5. The molecular weight excluding hydrogens is 354 g/mol. The molecule has 0 atom stereocenters. The van der Waals surface area contributed by atoms with Crippen molar-refractivity contribution >= 4 is 37.3 Å². The Labute approximate surface area is 123 Å². The Morgan fingerprint density at radius 1 is 1.47 bits per heavy atom. The number of aliphatic hydroxyl groups is 1. The van der Waals surface area contributed by atoms with Gasteiger partial charge in [0.1, 0.15) is 16.4 Å². The maximum Gasteiger partial charge on any atom is 0.242 e. The van der Waals surface area contributed by atoms with E-state index >= 15 is 0 Å². The van der Waals surface area contributed by atoms with Crippen molar-refractivity contribution in [2.45, 2.75) is 25.0 Å². The average molecular weight is 366 g/mol. The Bertz CT molecular complexity index is 675. The van der Waals surface area contributed by atoms with Gasteiger partial charge in [-0.25, -0.2) is 13.1 Å². The molecule has 0 aliphatic rings. The van der Waals surface area contributed by atoms with E-state index < -0.39 is 10.0 Å². The first-order valence-corrected chi connectivity index (χ1v) is 8.45. The Morgan fingerprint density at radius 3 is 2.74 bits per heavy atom. The lowest BCUT2D eigenvalue weighted by molar-refractivity contribution is 0.285. The van der Waals surface area contributed by atoms with Crippen LogP contribution in [0, 0.1) is 6.92 Å². The zero-order valence-electron chi connectivity index (χ0n) is 10.0. The molecule has 2 aromatic rings. The van der Waals surface area contributed by atoms with Crippen molar-refractivity contribution < 1.29 is 17.9 Å². The molecule has 0 aliphatic carbocycles. The van der Waals surface area contributed by atoms with Crippen LogP contribution < -0.4 is 4.72 Å². The monoisotopic (exact) mass is 365 g/mol. The van der Waals surface area contributed by atoms with Gasteiger partial charge in [-0.3, -0.25) is 0 Å². The Kier molecular flexibility index (Phi) is 4.46. The number of aryl methyl sites for hydroxylation is 1. The summed E-state index contributed by atoms with van der Waals surface area (Å²) in [6, 6.07) is 4.94. The van der Waals surface area contributed by atoms with Crippen molar-refractivity contribution in [3.8, 4) is 0 Å². The lowest BCUT2D eigenvalue weighted by Gasteiger charge is -2.03. The molecule has 0 saturated heterocycles. The highest BCUT2D eigenvalue weighted by atomic mass is 79.9. The lowest BCUT2D eigenvalue weighted by Crippen LogP contribution is -2.22. The van der Waals surface area contributed by atoms with Gasteiger partial charge in [-0.2, -0.15) is 0 Å². The molecule has 0 spiro atoms. The van der Waals surface area contributed by atoms with E-state index in [9.17, 15) is 8.42 Å². The zero-order valence-corrected chi connectivity index (χ0v) is 13.2. The predicted octanol–water partition coefficient (Wildman–Crippen LogP) is 2.38. The van der Waals surface area contributed by atoms with Gasteiger partial charge < -0.3 is 9.52 Å². The number of nitrogens with one attached hydrogen (secondary N) is 1. The SMILES string of the molecule is Cc1ccc(CNS(=O)(=O)c2cc(CO)sc2Br)o1. The number of sulfonamides is 1. The second-order valence-corrected chi connectivity index (χ2v) is 8.04. The summed E-state index contributed by atoms with van der Waals surface area (Å²) in [6.45, 7) is 1.70. The summed E-state index contributed by atoms with van der Waals surface area (Å²) in [5.41, 5.74) is 0. The second-order valence-electron chi connectivity index (χ2n) is 3.85. The quantitative estimate of drug-likeness (QED) is 0.852. The molecule has 0 amide bonds. The minimum absolute atomic E-state index is 0.0902. The maximum absolute atomic E-state index is 12.1. The molecule has 2 N–H and O–H groups in total. The molecule has 0 fully saturated rings. The Morgan fingerprint density at radius 2 is 2.21 bits per heavy atom. The summed E-state index contributed by atoms with van der Waals surface area (Å²) in [6.07, 6.45) is 0. The van der Waals surface area contributed by atoms with Crippen LogP contribution in [0.5, 0.6) is 0 Å². The number of aliphatic hydroxyl groups excluding tert-OH is 1. The summed E-state index contributed by atoms with van der Waals surface area (Å²) in [5.74, 6) is 1.28. The molecule has 0 saturated carbocycles. The van der Waals surface area contributed by atoms with Gasteiger partial charge in [-0.05, 0) is 41.1 Å². The van der Waals surface area contributed by atoms with Crippen LogP contribution in [0.4, 0.5) is 0 Å². The molecule has 0 aliphatic heterocycles. The number of hydrogen-bond donors (Lipinski definition) is 2. The Hall–Kier alpha value is -0.670. The molecule has 0 radical (unpaired) electrons. The molecule has 0 bridgehead atoms. The van der Waals surface area contributed by atoms with Crippen LogP contribution in [0.15, 0.2) is 31.3 Å². The summed E-state index contributed by atoms with van der Waals surface area (Å²) in [4.78, 5) is 0.714. The second kappa shape index (κ2) is 5.76. The van der Waals surface area contributed by atoms with E-state index in [0.29, 0.717) is 14.4 Å². The van der Waals surface area contributed by atoms with Crippen molar-refractivity contribution in [3.63, 3.8) is 0 Å². The standard InChI is InChI=1S/C11H12BrNO4S2/c1-7-2-3-8(17-7)5-13-19(15,16)10-4-9(6-14)18-11(10)12/h2-4,13-14H,5-6H2,1H3. The average Bonchev–Trinajstić information content (AvgIpc) is 2.93. The van der Waals surface area contributed by atoms with Crippen LogP contribution in [0.25, 0.3) is 0 Å². The summed E-state index contributed by atoms with van der Waals surface area (Å²) in [7, 11) is -3.63. The van der Waals surface area contributed by atoms with Crippen molar-refractivity contribution in [3.05, 3.63) is 38.4 Å². The van der Waals surface area contributed by atoms with Crippen molar-refractivity contribution in [1.29, 1.82) is 0 Å². The molecule has 19 heavy (non-hydrogen) atoms. The van der Waals surface area contributed by atoms with Crippen LogP contribution in [0.1, 0.15) is 16.4 Å². The molecule has 0 aromatic carbocycles. The number of thiophene rings is 1. The van der Waals surface area contributed by atoms with Crippen LogP contribution in [-0.4, -0.2) is 13.5 Å². The Balaban J connectivity index is 2.15. The van der Waals surface area contributed by atoms with Crippen LogP contribution >= 0.6 is 27.3 Å². The van der Waals surface area contributed by atoms with Gasteiger partial charge in [-0.1, -0.05) is 0 Å². The smallest absolute Gasteiger partial charge is 0.242 e. The van der Waals surface area contributed by atoms with Gasteiger partial charge >= 0.3 is 0 Å². The van der Waals surface area contributed by atoms with Gasteiger partial charge in [0.25, 0.3) is 0 Å². The summed E-state index contributed by atoms with van der Waals surface area (Å²) < 4.78 is 32.4. The molecule has 5 nitrogen and oxygen atoms in total. The fourth-order valence-electron chi connectivity index (χ4n) is 1.48. The number of furan rings is 1. The van der Waals surface area contributed by atoms with Crippen LogP contribution in [0.2, 0.25) is 0 Å². The van der Waals surface area contributed by atoms with Gasteiger partial charge in [0.15, 0.2) is 0 Å². The third-order valence-corrected chi connectivity index (χ3v) is 6.02. The normalized spacial score (nSPS) is 11.9. The molecule has 104 valence electrons. The first-order chi connectivity index (χ1) is 8.92. The van der Waals surface area contributed by atoms with E-state index in [1.807, 2.05) is 0 Å². The maximum atomic E-state index is 12.1. The van der Waals surface area contributed by atoms with Crippen molar-refractivity contribution in [2.24, 2.45) is 0 Å². The van der Waals surface area contributed by atoms with Gasteiger partial charge in [-0.15, -0.1) is 11.3 Å². The van der Waals surface area contributed by atoms with Crippen LogP contribution in [-0.2, 0) is 23.2 Å². The predicted molar refractivity (Wildman–Crippen MR) is 75.4 cm³/mol. The fraction of sp³-hybridized carbons (Fsp3) is 0.273. The molecule has 2 heterocycles.